The van der Waals surface area contributed by atoms with Gasteiger partial charge in [0.15, 0.2) is 6.04 Å². The fourth-order valence-corrected chi connectivity index (χ4v) is 3.35. The number of carbonyl (C=O) groups excluding carboxylic acids is 3. The van der Waals surface area contributed by atoms with Crippen molar-refractivity contribution in [2.45, 2.75) is 38.1 Å². The third kappa shape index (κ3) is 5.58. The van der Waals surface area contributed by atoms with Gasteiger partial charge in [0.05, 0.1) is 24.1 Å². The van der Waals surface area contributed by atoms with E-state index < -0.39 is 29.9 Å². The van der Waals surface area contributed by atoms with Crippen molar-refractivity contribution in [2.24, 2.45) is 7.05 Å². The summed E-state index contributed by atoms with van der Waals surface area (Å²) in [6.07, 6.45) is 6.54. The van der Waals surface area contributed by atoms with Crippen LogP contribution in [0.2, 0.25) is 5.02 Å². The summed E-state index contributed by atoms with van der Waals surface area (Å²) in [5.41, 5.74) is 0.245. The molecule has 2 atom stereocenters. The van der Waals surface area contributed by atoms with E-state index in [2.05, 4.69) is 0 Å². The van der Waals surface area contributed by atoms with Gasteiger partial charge >= 0.3 is 5.97 Å². The molecule has 1 aliphatic rings. The van der Waals surface area contributed by atoms with Crippen molar-refractivity contribution >= 4 is 46.5 Å². The third-order valence-corrected chi connectivity index (χ3v) is 4.83. The van der Waals surface area contributed by atoms with E-state index in [1.165, 1.54) is 30.8 Å². The third-order valence-electron chi connectivity index (χ3n) is 4.23. The molecule has 1 heterocycles. The predicted molar refractivity (Wildman–Crippen MR) is 111 cm³/mol. The quantitative estimate of drug-likeness (QED) is 0.369. The molecule has 0 fully saturated rings. The highest BCUT2D eigenvalue weighted by molar-refractivity contribution is 6.30. The number of amides is 1. The number of anilines is 1. The molecule has 1 amide bonds. The fourth-order valence-electron chi connectivity index (χ4n) is 2.95. The maximum absolute atomic E-state index is 13.0. The summed E-state index contributed by atoms with van der Waals surface area (Å²) in [5.74, 6) is -1.65. The number of allylic oxidation sites excluding steroid dienone is 2. The highest BCUT2D eigenvalue weighted by atomic mass is 35.5. The van der Waals surface area contributed by atoms with E-state index >= 15 is 0 Å². The smallest absolute Gasteiger partial charge is 0.333 e. The molecule has 29 heavy (non-hydrogen) atoms. The first-order valence-electron chi connectivity index (χ1n) is 9.02. The molecule has 9 heteroatoms. The number of nitrogens with zero attached hydrogens (tertiary/aromatic N) is 2. The lowest BCUT2D eigenvalue weighted by atomic mass is 9.97. The van der Waals surface area contributed by atoms with Crippen LogP contribution < -0.4 is 10.5 Å². The van der Waals surface area contributed by atoms with E-state index in [9.17, 15) is 19.2 Å². The van der Waals surface area contributed by atoms with Crippen LogP contribution in [0.15, 0.2) is 40.9 Å². The summed E-state index contributed by atoms with van der Waals surface area (Å²) >= 11 is 12.1. The van der Waals surface area contributed by atoms with Crippen molar-refractivity contribution in [3.63, 3.8) is 0 Å². The van der Waals surface area contributed by atoms with Crippen molar-refractivity contribution in [1.29, 1.82) is 0 Å². The van der Waals surface area contributed by atoms with Crippen LogP contribution in [0.1, 0.15) is 26.7 Å². The number of hydrogen-bond acceptors (Lipinski definition) is 5. The van der Waals surface area contributed by atoms with Crippen LogP contribution >= 0.6 is 23.2 Å². The lowest BCUT2D eigenvalue weighted by Crippen LogP contribution is -2.48. The van der Waals surface area contributed by atoms with Gasteiger partial charge in [0.1, 0.15) is 10.8 Å². The molecule has 1 aromatic heterocycles. The number of carbonyl (C=O) groups is 3. The zero-order chi connectivity index (χ0) is 21.7. The van der Waals surface area contributed by atoms with Crippen molar-refractivity contribution in [2.75, 3.05) is 11.5 Å². The van der Waals surface area contributed by atoms with Gasteiger partial charge < -0.3 is 9.30 Å². The molecule has 0 radical (unpaired) electrons. The van der Waals surface area contributed by atoms with E-state index in [-0.39, 0.29) is 28.5 Å². The molecular formula is C20H22Cl2N2O5. The van der Waals surface area contributed by atoms with Crippen molar-refractivity contribution < 1.29 is 19.1 Å². The SMILES string of the molecule is CCOC(=O)C(C1=CCC(Cl)C=C1)N(C(=O)CC(C)=O)c1cc(Cl)c(=O)n(C)c1. The first-order chi connectivity index (χ1) is 13.6. The number of alkyl halides is 1. The zero-order valence-corrected chi connectivity index (χ0v) is 17.9. The van der Waals surface area contributed by atoms with E-state index in [4.69, 9.17) is 27.9 Å². The molecule has 2 rings (SSSR count). The fraction of sp³-hybridized carbons (Fsp3) is 0.400. The largest absolute Gasteiger partial charge is 0.464 e. The van der Waals surface area contributed by atoms with Gasteiger partial charge in [0.2, 0.25) is 5.91 Å². The van der Waals surface area contributed by atoms with E-state index in [1.807, 2.05) is 0 Å². The Morgan fingerprint density at radius 3 is 2.59 bits per heavy atom. The average molecular weight is 441 g/mol. The van der Waals surface area contributed by atoms with Crippen LogP contribution in [0.25, 0.3) is 0 Å². The highest BCUT2D eigenvalue weighted by Gasteiger charge is 2.36. The number of ketones is 1. The number of rotatable bonds is 7. The molecule has 1 aliphatic carbocycles. The number of aryl methyl sites for hydroxylation is 1. The molecular weight excluding hydrogens is 419 g/mol. The number of Topliss-reactive ketones (excluding diaryl/α,β-unsaturated/α-hetero) is 1. The first kappa shape index (κ1) is 22.9. The number of hydrogen-bond donors (Lipinski definition) is 0. The lowest BCUT2D eigenvalue weighted by Gasteiger charge is -2.32. The molecule has 0 aromatic carbocycles. The summed E-state index contributed by atoms with van der Waals surface area (Å²) in [6, 6.07) is 0.141. The minimum absolute atomic E-state index is 0.104. The average Bonchev–Trinajstić information content (AvgIpc) is 2.64. The summed E-state index contributed by atoms with van der Waals surface area (Å²) in [4.78, 5) is 50.6. The Morgan fingerprint density at radius 2 is 2.07 bits per heavy atom. The second-order valence-corrected chi connectivity index (χ2v) is 7.54. The molecule has 0 saturated carbocycles. The summed E-state index contributed by atoms with van der Waals surface area (Å²) in [6.45, 7) is 3.04. The van der Waals surface area contributed by atoms with Crippen LogP contribution in [-0.2, 0) is 26.2 Å². The standard InChI is InChI=1S/C20H22Cl2N2O5/c1-4-29-20(28)18(13-5-7-14(21)8-6-13)24(17(26)9-12(2)25)15-10-16(22)19(27)23(3)11-15/h5-7,10-11,14,18H,4,8-9H2,1-3H3. The van der Waals surface area contributed by atoms with Crippen molar-refractivity contribution in [3.8, 4) is 0 Å². The van der Waals surface area contributed by atoms with E-state index in [0.29, 0.717) is 12.0 Å². The van der Waals surface area contributed by atoms with E-state index in [1.54, 1.807) is 25.2 Å². The summed E-state index contributed by atoms with van der Waals surface area (Å²) in [7, 11) is 1.47. The number of halogens is 2. The molecule has 0 bridgehead atoms. The number of esters is 1. The van der Waals surface area contributed by atoms with Gasteiger partial charge in [0, 0.05) is 13.2 Å². The van der Waals surface area contributed by atoms with Crippen LogP contribution in [0.5, 0.6) is 0 Å². The second-order valence-electron chi connectivity index (χ2n) is 6.57. The molecule has 7 nitrogen and oxygen atoms in total. The Balaban J connectivity index is 2.65. The van der Waals surface area contributed by atoms with Crippen LogP contribution in [0, 0.1) is 0 Å². The maximum atomic E-state index is 13.0. The molecule has 0 aliphatic heterocycles. The molecule has 0 N–H and O–H groups in total. The van der Waals surface area contributed by atoms with Gasteiger partial charge in [-0.1, -0.05) is 29.8 Å². The van der Waals surface area contributed by atoms with Gasteiger partial charge in [-0.15, -0.1) is 11.6 Å². The van der Waals surface area contributed by atoms with Gasteiger partial charge in [-0.05, 0) is 31.9 Å². The molecule has 0 spiro atoms. The minimum Gasteiger partial charge on any atom is -0.464 e. The Hall–Kier alpha value is -2.38. The predicted octanol–water partition coefficient (Wildman–Crippen LogP) is 2.78. The second kappa shape index (κ2) is 9.89. The van der Waals surface area contributed by atoms with Gasteiger partial charge in [0.25, 0.3) is 5.56 Å². The summed E-state index contributed by atoms with van der Waals surface area (Å²) in [5, 5.41) is -0.350. The van der Waals surface area contributed by atoms with Gasteiger partial charge in [-0.2, -0.15) is 0 Å². The van der Waals surface area contributed by atoms with Crippen molar-refractivity contribution in [1.82, 2.24) is 4.57 Å². The van der Waals surface area contributed by atoms with E-state index in [0.717, 1.165) is 4.90 Å². The maximum Gasteiger partial charge on any atom is 0.333 e. The van der Waals surface area contributed by atoms with Crippen molar-refractivity contribution in [3.05, 3.63) is 51.4 Å². The topological polar surface area (TPSA) is 85.7 Å². The number of aromatic nitrogens is 1. The highest BCUT2D eigenvalue weighted by Crippen LogP contribution is 2.28. The number of pyridine rings is 1. The normalized spacial score (nSPS) is 16.7. The van der Waals surface area contributed by atoms with Crippen LogP contribution in [0.3, 0.4) is 0 Å². The molecule has 0 saturated heterocycles. The Bertz CT molecular complexity index is 909. The Kier molecular flexibility index (Phi) is 7.81. The monoisotopic (exact) mass is 440 g/mol. The zero-order valence-electron chi connectivity index (χ0n) is 16.4. The first-order valence-corrected chi connectivity index (χ1v) is 9.83. The lowest BCUT2D eigenvalue weighted by molar-refractivity contribution is -0.145. The van der Waals surface area contributed by atoms with Gasteiger partial charge in [-0.3, -0.25) is 19.3 Å². The van der Waals surface area contributed by atoms with Crippen LogP contribution in [0.4, 0.5) is 5.69 Å². The molecule has 2 unspecified atom stereocenters. The molecule has 156 valence electrons. The minimum atomic E-state index is -1.16. The Labute approximate surface area is 178 Å². The number of ether oxygens (including phenoxy) is 1. The van der Waals surface area contributed by atoms with Crippen LogP contribution in [-0.4, -0.2) is 40.3 Å². The summed E-state index contributed by atoms with van der Waals surface area (Å²) < 4.78 is 6.40. The van der Waals surface area contributed by atoms with Gasteiger partial charge in [-0.25, -0.2) is 4.79 Å². The molecule has 1 aromatic rings. The Morgan fingerprint density at radius 1 is 1.38 bits per heavy atom.